The Morgan fingerprint density at radius 3 is 3.08 bits per heavy atom. The molecule has 2 aromatic rings. The summed E-state index contributed by atoms with van der Waals surface area (Å²) in [5, 5.41) is 6.48. The third-order valence-electron chi connectivity index (χ3n) is 1.45. The van der Waals surface area contributed by atoms with Crippen LogP contribution in [0.4, 0.5) is 0 Å². The number of halogens is 1. The summed E-state index contributed by atoms with van der Waals surface area (Å²) < 4.78 is 10.8. The number of nitrogens with one attached hydrogen (secondary N) is 1. The number of rotatable bonds is 1. The summed E-state index contributed by atoms with van der Waals surface area (Å²) in [7, 11) is 3.86. The fraction of sp³-hybridized carbons (Fsp3) is 0. The Balaban J connectivity index is 2.68. The molecule has 0 aromatic carbocycles. The van der Waals surface area contributed by atoms with E-state index < -0.39 is 10.0 Å². The van der Waals surface area contributed by atoms with Gasteiger partial charge in [0.15, 0.2) is 0 Å². The zero-order valence-electron chi connectivity index (χ0n) is 5.82. The van der Waals surface area contributed by atoms with E-state index in [0.717, 1.165) is 11.0 Å². The van der Waals surface area contributed by atoms with Crippen molar-refractivity contribution < 1.29 is 4.21 Å². The summed E-state index contributed by atoms with van der Waals surface area (Å²) in [6.45, 7) is 0. The quantitative estimate of drug-likeness (QED) is 0.706. The van der Waals surface area contributed by atoms with Crippen molar-refractivity contribution in [3.63, 3.8) is 0 Å². The number of aromatic nitrogens is 3. The summed E-state index contributed by atoms with van der Waals surface area (Å²) in [6, 6.07) is 1.67. The van der Waals surface area contributed by atoms with Gasteiger partial charge in [-0.15, -0.1) is 0 Å². The molecular formula is C6H4ClN3OS. The highest BCUT2D eigenvalue weighted by atomic mass is 35.7. The van der Waals surface area contributed by atoms with Gasteiger partial charge in [0.05, 0.1) is 16.6 Å². The second-order valence-corrected chi connectivity index (χ2v) is 3.96. The summed E-state index contributed by atoms with van der Waals surface area (Å²) in [6.07, 6.45) is 3.07. The average Bonchev–Trinajstić information content (AvgIpc) is 2.49. The number of hydrogen-bond acceptors (Lipinski definition) is 3. The zero-order valence-corrected chi connectivity index (χ0v) is 7.39. The highest BCUT2D eigenvalue weighted by molar-refractivity contribution is 8.08. The van der Waals surface area contributed by atoms with Crippen LogP contribution >= 0.6 is 10.7 Å². The van der Waals surface area contributed by atoms with Gasteiger partial charge >= 0.3 is 0 Å². The SMILES string of the molecule is O=S(Cl)c1cnc2cn[nH]c2c1. The minimum Gasteiger partial charge on any atom is -0.276 e. The molecule has 6 heteroatoms. The van der Waals surface area contributed by atoms with Gasteiger partial charge < -0.3 is 0 Å². The van der Waals surface area contributed by atoms with Crippen LogP contribution in [-0.2, 0) is 10.0 Å². The molecule has 0 fully saturated rings. The van der Waals surface area contributed by atoms with Crippen LogP contribution < -0.4 is 0 Å². The minimum atomic E-state index is -1.51. The minimum absolute atomic E-state index is 0.480. The standard InChI is InChI=1S/C6H4ClN3OS/c7-12(11)4-1-5-6(8-2-4)3-9-10-5/h1-3H,(H,9,10). The molecule has 62 valence electrons. The van der Waals surface area contributed by atoms with E-state index >= 15 is 0 Å². The van der Waals surface area contributed by atoms with Crippen LogP contribution in [0, 0.1) is 0 Å². The molecule has 0 saturated heterocycles. The van der Waals surface area contributed by atoms with Gasteiger partial charge in [0.2, 0.25) is 0 Å². The Morgan fingerprint density at radius 1 is 1.50 bits per heavy atom. The zero-order chi connectivity index (χ0) is 8.55. The van der Waals surface area contributed by atoms with Crippen molar-refractivity contribution in [2.45, 2.75) is 4.90 Å². The third kappa shape index (κ3) is 1.21. The topological polar surface area (TPSA) is 58.6 Å². The second-order valence-electron chi connectivity index (χ2n) is 2.20. The maximum Gasteiger partial charge on any atom is 0.149 e. The van der Waals surface area contributed by atoms with Crippen molar-refractivity contribution in [2.24, 2.45) is 0 Å². The number of fused-ring (bicyclic) bond motifs is 1. The van der Waals surface area contributed by atoms with Crippen LogP contribution in [0.5, 0.6) is 0 Å². The summed E-state index contributed by atoms with van der Waals surface area (Å²) in [5.74, 6) is 0. The van der Waals surface area contributed by atoms with Crippen LogP contribution in [0.25, 0.3) is 11.0 Å². The van der Waals surface area contributed by atoms with Crippen LogP contribution in [0.2, 0.25) is 0 Å². The fourth-order valence-electron chi connectivity index (χ4n) is 0.899. The van der Waals surface area contributed by atoms with Gasteiger partial charge in [-0.2, -0.15) is 5.10 Å². The largest absolute Gasteiger partial charge is 0.276 e. The van der Waals surface area contributed by atoms with Crippen molar-refractivity contribution in [3.8, 4) is 0 Å². The molecule has 1 unspecified atom stereocenters. The molecular weight excluding hydrogens is 198 g/mol. The number of nitrogens with zero attached hydrogens (tertiary/aromatic N) is 2. The Kier molecular flexibility index (Phi) is 1.82. The smallest absolute Gasteiger partial charge is 0.149 e. The number of aromatic amines is 1. The van der Waals surface area contributed by atoms with Crippen molar-refractivity contribution in [3.05, 3.63) is 18.5 Å². The molecule has 0 radical (unpaired) electrons. The summed E-state index contributed by atoms with van der Waals surface area (Å²) >= 11 is 0. The monoisotopic (exact) mass is 201 g/mol. The molecule has 2 rings (SSSR count). The van der Waals surface area contributed by atoms with Crippen molar-refractivity contribution in [2.75, 3.05) is 0 Å². The Bertz CT molecular complexity index is 441. The maximum absolute atomic E-state index is 10.8. The van der Waals surface area contributed by atoms with E-state index in [1.807, 2.05) is 0 Å². The van der Waals surface area contributed by atoms with Crippen molar-refractivity contribution in [1.29, 1.82) is 0 Å². The maximum atomic E-state index is 10.8. The number of H-pyrrole nitrogens is 1. The predicted octanol–water partition coefficient (Wildman–Crippen LogP) is 1.22. The second kappa shape index (κ2) is 2.84. The lowest BCUT2D eigenvalue weighted by atomic mass is 10.4. The molecule has 0 aliphatic rings. The van der Waals surface area contributed by atoms with Gasteiger partial charge in [-0.3, -0.25) is 10.1 Å². The summed E-state index contributed by atoms with van der Waals surface area (Å²) in [4.78, 5) is 4.47. The predicted molar refractivity (Wildman–Crippen MR) is 46.2 cm³/mol. The van der Waals surface area contributed by atoms with E-state index in [0.29, 0.717) is 4.90 Å². The highest BCUT2D eigenvalue weighted by Gasteiger charge is 2.02. The first kappa shape index (κ1) is 7.70. The molecule has 1 atom stereocenters. The lowest BCUT2D eigenvalue weighted by molar-refractivity contribution is 0.691. The van der Waals surface area contributed by atoms with E-state index in [-0.39, 0.29) is 0 Å². The van der Waals surface area contributed by atoms with E-state index in [4.69, 9.17) is 10.7 Å². The molecule has 2 aromatic heterocycles. The van der Waals surface area contributed by atoms with E-state index in [2.05, 4.69) is 15.2 Å². The molecule has 4 nitrogen and oxygen atoms in total. The van der Waals surface area contributed by atoms with Crippen LogP contribution in [0.1, 0.15) is 0 Å². The van der Waals surface area contributed by atoms with Gasteiger partial charge in [0.25, 0.3) is 0 Å². The van der Waals surface area contributed by atoms with E-state index in [1.165, 1.54) is 6.20 Å². The van der Waals surface area contributed by atoms with Gasteiger partial charge in [-0.1, -0.05) is 0 Å². The molecule has 1 N–H and O–H groups in total. The Hall–Kier alpha value is -0.940. The molecule has 12 heavy (non-hydrogen) atoms. The Labute approximate surface area is 74.9 Å². The van der Waals surface area contributed by atoms with E-state index in [9.17, 15) is 4.21 Å². The summed E-state index contributed by atoms with van der Waals surface area (Å²) in [5.41, 5.74) is 1.47. The molecule has 0 aliphatic heterocycles. The number of pyridine rings is 1. The lowest BCUT2D eigenvalue weighted by Gasteiger charge is -1.91. The number of hydrogen-bond donors (Lipinski definition) is 1. The van der Waals surface area contributed by atoms with Gasteiger partial charge in [-0.05, 0) is 16.7 Å². The molecule has 0 saturated carbocycles. The molecule has 0 amide bonds. The van der Waals surface area contributed by atoms with Gasteiger partial charge in [0.1, 0.15) is 15.5 Å². The third-order valence-corrected chi connectivity index (χ3v) is 2.58. The first-order valence-corrected chi connectivity index (χ1v) is 5.12. The fourth-order valence-corrected chi connectivity index (χ4v) is 1.50. The van der Waals surface area contributed by atoms with Crippen LogP contribution in [0.3, 0.4) is 0 Å². The van der Waals surface area contributed by atoms with Crippen molar-refractivity contribution in [1.82, 2.24) is 15.2 Å². The van der Waals surface area contributed by atoms with E-state index in [1.54, 1.807) is 12.3 Å². The Morgan fingerprint density at radius 2 is 2.33 bits per heavy atom. The lowest BCUT2D eigenvalue weighted by Crippen LogP contribution is -1.83. The van der Waals surface area contributed by atoms with Gasteiger partial charge in [-0.25, -0.2) is 4.21 Å². The van der Waals surface area contributed by atoms with Crippen LogP contribution in [0.15, 0.2) is 23.4 Å². The molecule has 0 bridgehead atoms. The van der Waals surface area contributed by atoms with Crippen LogP contribution in [-0.4, -0.2) is 19.4 Å². The molecule has 0 aliphatic carbocycles. The first-order valence-electron chi connectivity index (χ1n) is 3.14. The normalized spacial score (nSPS) is 13.4. The molecule has 2 heterocycles. The molecule has 0 spiro atoms. The first-order chi connectivity index (χ1) is 5.77. The highest BCUT2D eigenvalue weighted by Crippen LogP contribution is 2.13. The average molecular weight is 202 g/mol. The van der Waals surface area contributed by atoms with Crippen molar-refractivity contribution >= 4 is 31.7 Å². The van der Waals surface area contributed by atoms with Gasteiger partial charge in [0, 0.05) is 6.20 Å².